The number of aromatic nitrogens is 4. The fraction of sp³-hybridized carbons (Fsp3) is 0.625. The molecule has 1 atom stereocenters. The largest absolute Gasteiger partial charge is 0.480 e. The Hall–Kier alpha value is -2.19. The summed E-state index contributed by atoms with van der Waals surface area (Å²) in [6, 6.07) is -1.15. The molecule has 0 bridgehead atoms. The zero-order chi connectivity index (χ0) is 12.3. The molecule has 2 heterocycles. The van der Waals surface area contributed by atoms with Crippen molar-refractivity contribution in [3.8, 4) is 0 Å². The number of carboxylic acids is 1. The van der Waals surface area contributed by atoms with Gasteiger partial charge in [-0.2, -0.15) is 5.21 Å². The SMILES string of the molecule is O=C(O)[C@H]1CCCN1C(=O)NCc1nn[nH]n1. The Morgan fingerprint density at radius 3 is 3.06 bits per heavy atom. The second-order valence-corrected chi connectivity index (χ2v) is 3.68. The molecule has 0 aliphatic carbocycles. The maximum atomic E-state index is 11.7. The van der Waals surface area contributed by atoms with Crippen LogP contribution in [0.3, 0.4) is 0 Å². The Bertz CT molecular complexity index is 405. The maximum Gasteiger partial charge on any atom is 0.326 e. The number of nitrogens with one attached hydrogen (secondary N) is 2. The number of nitrogens with zero attached hydrogens (tertiary/aromatic N) is 4. The number of hydrogen-bond donors (Lipinski definition) is 3. The van der Waals surface area contributed by atoms with Gasteiger partial charge < -0.3 is 15.3 Å². The van der Waals surface area contributed by atoms with Gasteiger partial charge in [0.1, 0.15) is 6.04 Å². The molecule has 2 amide bonds. The minimum absolute atomic E-state index is 0.123. The number of aliphatic carboxylic acids is 1. The average Bonchev–Trinajstić information content (AvgIpc) is 2.96. The molecular weight excluding hydrogens is 228 g/mol. The van der Waals surface area contributed by atoms with Gasteiger partial charge in [0.25, 0.3) is 0 Å². The fourth-order valence-electron chi connectivity index (χ4n) is 1.78. The predicted octanol–water partition coefficient (Wildman–Crippen LogP) is -1.04. The van der Waals surface area contributed by atoms with E-state index >= 15 is 0 Å². The van der Waals surface area contributed by atoms with Crippen LogP contribution in [0.5, 0.6) is 0 Å². The standard InChI is InChI=1S/C8H12N6O3/c15-7(16)5-2-1-3-14(5)8(17)9-4-6-10-12-13-11-6/h5H,1-4H2,(H,9,17)(H,15,16)(H,10,11,12,13)/t5-/m1/s1. The Labute approximate surface area is 96.2 Å². The van der Waals surface area contributed by atoms with Gasteiger partial charge in [-0.1, -0.05) is 5.21 Å². The van der Waals surface area contributed by atoms with E-state index in [4.69, 9.17) is 5.11 Å². The molecule has 1 fully saturated rings. The monoisotopic (exact) mass is 240 g/mol. The third-order valence-electron chi connectivity index (χ3n) is 2.59. The first-order valence-electron chi connectivity index (χ1n) is 5.18. The van der Waals surface area contributed by atoms with Gasteiger partial charge in [-0.3, -0.25) is 0 Å². The van der Waals surface area contributed by atoms with Crippen molar-refractivity contribution in [3.63, 3.8) is 0 Å². The molecule has 0 saturated carbocycles. The zero-order valence-corrected chi connectivity index (χ0v) is 8.96. The van der Waals surface area contributed by atoms with Crippen molar-refractivity contribution >= 4 is 12.0 Å². The van der Waals surface area contributed by atoms with E-state index in [2.05, 4.69) is 25.9 Å². The van der Waals surface area contributed by atoms with Crippen LogP contribution >= 0.6 is 0 Å². The number of carbonyl (C=O) groups excluding carboxylic acids is 1. The first-order chi connectivity index (χ1) is 8.18. The molecule has 0 unspecified atom stereocenters. The minimum atomic E-state index is -0.975. The van der Waals surface area contributed by atoms with Crippen molar-refractivity contribution in [2.75, 3.05) is 6.54 Å². The molecular formula is C8H12N6O3. The van der Waals surface area contributed by atoms with Crippen molar-refractivity contribution in [2.45, 2.75) is 25.4 Å². The summed E-state index contributed by atoms with van der Waals surface area (Å²) >= 11 is 0. The van der Waals surface area contributed by atoms with Gasteiger partial charge in [0, 0.05) is 6.54 Å². The van der Waals surface area contributed by atoms with Crippen molar-refractivity contribution in [3.05, 3.63) is 5.82 Å². The summed E-state index contributed by atoms with van der Waals surface area (Å²) in [6.45, 7) is 0.577. The lowest BCUT2D eigenvalue weighted by Gasteiger charge is -2.21. The molecule has 3 N–H and O–H groups in total. The molecule has 2 rings (SSSR count). The first kappa shape index (κ1) is 11.3. The first-order valence-corrected chi connectivity index (χ1v) is 5.18. The maximum absolute atomic E-state index is 11.7. The molecule has 0 radical (unpaired) electrons. The number of hydrogen-bond acceptors (Lipinski definition) is 5. The van der Waals surface area contributed by atoms with Crippen LogP contribution in [-0.4, -0.2) is 55.2 Å². The number of urea groups is 1. The molecule has 17 heavy (non-hydrogen) atoms. The topological polar surface area (TPSA) is 124 Å². The molecule has 1 aliphatic heterocycles. The Balaban J connectivity index is 1.89. The Kier molecular flexibility index (Phi) is 3.17. The van der Waals surface area contributed by atoms with Crippen LogP contribution in [0.4, 0.5) is 4.79 Å². The number of amides is 2. The quantitative estimate of drug-likeness (QED) is 0.619. The summed E-state index contributed by atoms with van der Waals surface area (Å²) in [6.07, 6.45) is 1.19. The van der Waals surface area contributed by atoms with Crippen LogP contribution < -0.4 is 5.32 Å². The molecule has 1 aromatic rings. The lowest BCUT2D eigenvalue weighted by molar-refractivity contribution is -0.141. The summed E-state index contributed by atoms with van der Waals surface area (Å²) in [5.41, 5.74) is 0. The molecule has 0 spiro atoms. The van der Waals surface area contributed by atoms with E-state index in [0.717, 1.165) is 0 Å². The second kappa shape index (κ2) is 4.76. The second-order valence-electron chi connectivity index (χ2n) is 3.68. The van der Waals surface area contributed by atoms with Gasteiger partial charge in [0.15, 0.2) is 5.82 Å². The van der Waals surface area contributed by atoms with E-state index in [0.29, 0.717) is 25.2 Å². The zero-order valence-electron chi connectivity index (χ0n) is 8.96. The van der Waals surface area contributed by atoms with Gasteiger partial charge in [-0.05, 0) is 12.8 Å². The van der Waals surface area contributed by atoms with E-state index in [1.54, 1.807) is 0 Å². The van der Waals surface area contributed by atoms with Gasteiger partial charge >= 0.3 is 12.0 Å². The smallest absolute Gasteiger partial charge is 0.326 e. The number of H-pyrrole nitrogens is 1. The number of carboxylic acid groups (broad SMARTS) is 1. The van der Waals surface area contributed by atoms with Crippen molar-refractivity contribution in [1.29, 1.82) is 0 Å². The lowest BCUT2D eigenvalue weighted by Crippen LogP contribution is -2.45. The highest BCUT2D eigenvalue weighted by molar-refractivity contribution is 5.83. The molecule has 1 saturated heterocycles. The highest BCUT2D eigenvalue weighted by Gasteiger charge is 2.33. The van der Waals surface area contributed by atoms with Crippen LogP contribution in [0, 0.1) is 0 Å². The highest BCUT2D eigenvalue weighted by atomic mass is 16.4. The number of carbonyl (C=O) groups is 2. The number of likely N-dealkylation sites (tertiary alicyclic amines) is 1. The molecule has 9 heteroatoms. The van der Waals surface area contributed by atoms with E-state index in [1.807, 2.05) is 0 Å². The van der Waals surface area contributed by atoms with Crippen molar-refractivity contribution < 1.29 is 14.7 Å². The number of tetrazole rings is 1. The van der Waals surface area contributed by atoms with E-state index < -0.39 is 18.0 Å². The van der Waals surface area contributed by atoms with Gasteiger partial charge in [0.2, 0.25) is 0 Å². The molecule has 0 aromatic carbocycles. The number of rotatable bonds is 3. The Morgan fingerprint density at radius 1 is 1.59 bits per heavy atom. The van der Waals surface area contributed by atoms with Crippen LogP contribution in [-0.2, 0) is 11.3 Å². The molecule has 1 aliphatic rings. The normalized spacial score (nSPS) is 19.3. The van der Waals surface area contributed by atoms with E-state index in [9.17, 15) is 9.59 Å². The van der Waals surface area contributed by atoms with Crippen molar-refractivity contribution in [2.24, 2.45) is 0 Å². The van der Waals surface area contributed by atoms with Crippen LogP contribution in [0.1, 0.15) is 18.7 Å². The van der Waals surface area contributed by atoms with Crippen LogP contribution in [0.2, 0.25) is 0 Å². The average molecular weight is 240 g/mol. The Morgan fingerprint density at radius 2 is 2.41 bits per heavy atom. The third kappa shape index (κ3) is 2.49. The molecule has 1 aromatic heterocycles. The summed E-state index contributed by atoms with van der Waals surface area (Å²) in [4.78, 5) is 23.9. The van der Waals surface area contributed by atoms with E-state index in [-0.39, 0.29) is 6.54 Å². The molecule has 9 nitrogen and oxygen atoms in total. The summed E-state index contributed by atoms with van der Waals surface area (Å²) in [7, 11) is 0. The summed E-state index contributed by atoms with van der Waals surface area (Å²) < 4.78 is 0. The van der Waals surface area contributed by atoms with Crippen LogP contribution in [0.25, 0.3) is 0 Å². The molecule has 92 valence electrons. The summed E-state index contributed by atoms with van der Waals surface area (Å²) in [5, 5.41) is 24.4. The fourth-order valence-corrected chi connectivity index (χ4v) is 1.78. The van der Waals surface area contributed by atoms with Gasteiger partial charge in [-0.15, -0.1) is 10.2 Å². The van der Waals surface area contributed by atoms with E-state index in [1.165, 1.54) is 4.90 Å². The predicted molar refractivity (Wildman–Crippen MR) is 53.8 cm³/mol. The summed E-state index contributed by atoms with van der Waals surface area (Å²) in [5.74, 6) is -0.623. The van der Waals surface area contributed by atoms with Gasteiger partial charge in [0.05, 0.1) is 6.54 Å². The minimum Gasteiger partial charge on any atom is -0.480 e. The third-order valence-corrected chi connectivity index (χ3v) is 2.59. The lowest BCUT2D eigenvalue weighted by atomic mass is 10.2. The van der Waals surface area contributed by atoms with Gasteiger partial charge in [-0.25, -0.2) is 9.59 Å². The highest BCUT2D eigenvalue weighted by Crippen LogP contribution is 2.17. The number of aromatic amines is 1. The van der Waals surface area contributed by atoms with Crippen LogP contribution in [0.15, 0.2) is 0 Å². The van der Waals surface area contributed by atoms with Crippen molar-refractivity contribution in [1.82, 2.24) is 30.8 Å².